The highest BCUT2D eigenvalue weighted by molar-refractivity contribution is 6.23. The van der Waals surface area contributed by atoms with E-state index in [4.69, 9.17) is 4.74 Å². The molecule has 0 aromatic heterocycles. The molecule has 0 saturated carbocycles. The number of fused-ring (bicyclic) bond motifs is 3. The molecular formula is C24H21NO6. The van der Waals surface area contributed by atoms with Gasteiger partial charge in [0.05, 0.1) is 18.9 Å². The molecule has 1 aromatic rings. The van der Waals surface area contributed by atoms with Crippen LogP contribution in [0, 0.1) is 17.8 Å². The second kappa shape index (κ2) is 6.77. The number of allylic oxidation sites excluding steroid dienone is 6. The molecule has 0 radical (unpaired) electrons. The maximum atomic E-state index is 13.1. The predicted octanol–water partition coefficient (Wildman–Crippen LogP) is 2.12. The molecule has 2 N–H and O–H groups in total. The molecule has 7 nitrogen and oxygen atoms in total. The van der Waals surface area contributed by atoms with E-state index in [0.717, 1.165) is 5.57 Å². The van der Waals surface area contributed by atoms with Crippen molar-refractivity contribution < 1.29 is 29.0 Å². The number of rotatable bonds is 2. The number of ether oxygens (including phenoxy) is 1. The summed E-state index contributed by atoms with van der Waals surface area (Å²) < 4.78 is 5.26. The van der Waals surface area contributed by atoms with Crippen molar-refractivity contribution in [1.82, 2.24) is 5.32 Å². The number of phenols is 1. The lowest BCUT2D eigenvalue weighted by Gasteiger charge is -2.42. The molecule has 2 amide bonds. The average Bonchev–Trinajstić information content (AvgIpc) is 3.05. The number of hydrogen-bond acceptors (Lipinski definition) is 6. The molecule has 1 aromatic carbocycles. The summed E-state index contributed by atoms with van der Waals surface area (Å²) in [6.07, 6.45) is 3.97. The Balaban J connectivity index is 1.72. The van der Waals surface area contributed by atoms with Crippen LogP contribution >= 0.6 is 0 Å². The first-order valence-corrected chi connectivity index (χ1v) is 10.2. The van der Waals surface area contributed by atoms with Gasteiger partial charge in [-0.05, 0) is 49.5 Å². The topological polar surface area (TPSA) is 110 Å². The van der Waals surface area contributed by atoms with Crippen molar-refractivity contribution in [2.75, 3.05) is 7.11 Å². The normalized spacial score (nSPS) is 29.6. The first-order chi connectivity index (χ1) is 14.8. The Labute approximate surface area is 178 Å². The molecule has 5 rings (SSSR count). The van der Waals surface area contributed by atoms with Gasteiger partial charge in [-0.2, -0.15) is 0 Å². The van der Waals surface area contributed by atoms with Crippen LogP contribution in [0.3, 0.4) is 0 Å². The van der Waals surface area contributed by atoms with Gasteiger partial charge in [0.25, 0.3) is 0 Å². The van der Waals surface area contributed by atoms with Crippen LogP contribution in [0.25, 0.3) is 0 Å². The van der Waals surface area contributed by atoms with Gasteiger partial charge < -0.3 is 9.84 Å². The standard InChI is InChI=1S/C24H21NO6/c1-10-7-17(27)21-15(22(10)28)9-14-12(4-5-13-20(14)24(30)25-23(13)29)19(21)11-3-6-16(26)18(8-11)31-2/h3-4,6-8,13-14,19-20,26H,5,9H2,1-2H3,(H,25,29,30). The maximum absolute atomic E-state index is 13.1. The summed E-state index contributed by atoms with van der Waals surface area (Å²) in [4.78, 5) is 51.0. The minimum Gasteiger partial charge on any atom is -0.504 e. The van der Waals surface area contributed by atoms with Gasteiger partial charge in [0.2, 0.25) is 11.8 Å². The number of nitrogens with one attached hydrogen (secondary N) is 1. The van der Waals surface area contributed by atoms with Gasteiger partial charge in [-0.1, -0.05) is 17.7 Å². The van der Waals surface area contributed by atoms with E-state index in [9.17, 15) is 24.3 Å². The lowest BCUT2D eigenvalue weighted by molar-refractivity contribution is -0.126. The number of ketones is 2. The van der Waals surface area contributed by atoms with E-state index in [0.29, 0.717) is 28.7 Å². The second-order valence-electron chi connectivity index (χ2n) is 8.51. The fraction of sp³-hybridized carbons (Fsp3) is 0.333. The van der Waals surface area contributed by atoms with Crippen molar-refractivity contribution >= 4 is 23.4 Å². The van der Waals surface area contributed by atoms with Crippen LogP contribution in [0.2, 0.25) is 0 Å². The minimum atomic E-state index is -0.558. The van der Waals surface area contributed by atoms with Gasteiger partial charge in [-0.3, -0.25) is 24.5 Å². The predicted molar refractivity (Wildman–Crippen MR) is 109 cm³/mol. The van der Waals surface area contributed by atoms with Crippen molar-refractivity contribution in [3.8, 4) is 11.5 Å². The Morgan fingerprint density at radius 2 is 1.87 bits per heavy atom. The van der Waals surface area contributed by atoms with Gasteiger partial charge in [-0.15, -0.1) is 0 Å². The molecule has 7 heteroatoms. The number of carbonyl (C=O) groups is 4. The van der Waals surface area contributed by atoms with E-state index in [1.165, 1.54) is 19.3 Å². The smallest absolute Gasteiger partial charge is 0.231 e. The Bertz CT molecular complexity index is 1170. The highest BCUT2D eigenvalue weighted by atomic mass is 16.5. The summed E-state index contributed by atoms with van der Waals surface area (Å²) in [7, 11) is 1.44. The van der Waals surface area contributed by atoms with E-state index in [1.807, 2.05) is 6.08 Å². The second-order valence-corrected chi connectivity index (χ2v) is 8.51. The molecule has 1 aliphatic heterocycles. The Morgan fingerprint density at radius 1 is 1.10 bits per heavy atom. The van der Waals surface area contributed by atoms with Crippen LogP contribution in [0.4, 0.5) is 0 Å². The average molecular weight is 419 g/mol. The largest absolute Gasteiger partial charge is 0.504 e. The van der Waals surface area contributed by atoms with Crippen LogP contribution in [0.1, 0.15) is 31.2 Å². The zero-order chi connectivity index (χ0) is 22.0. The van der Waals surface area contributed by atoms with Crippen molar-refractivity contribution in [2.24, 2.45) is 17.8 Å². The first kappa shape index (κ1) is 19.5. The third kappa shape index (κ3) is 2.72. The van der Waals surface area contributed by atoms with Crippen molar-refractivity contribution in [2.45, 2.75) is 25.7 Å². The molecule has 4 atom stereocenters. The molecule has 0 spiro atoms. The highest BCUT2D eigenvalue weighted by Crippen LogP contribution is 2.54. The molecular weight excluding hydrogens is 398 g/mol. The van der Waals surface area contributed by atoms with Gasteiger partial charge >= 0.3 is 0 Å². The monoisotopic (exact) mass is 419 g/mol. The number of benzene rings is 1. The van der Waals surface area contributed by atoms with E-state index in [1.54, 1.807) is 19.1 Å². The number of carbonyl (C=O) groups excluding carboxylic acids is 4. The fourth-order valence-electron chi connectivity index (χ4n) is 5.55. The number of hydrogen-bond donors (Lipinski definition) is 2. The third-order valence-electron chi connectivity index (χ3n) is 6.94. The van der Waals surface area contributed by atoms with E-state index in [2.05, 4.69) is 5.32 Å². The van der Waals surface area contributed by atoms with Gasteiger partial charge in [0.1, 0.15) is 0 Å². The Hall–Kier alpha value is -3.48. The maximum Gasteiger partial charge on any atom is 0.231 e. The summed E-state index contributed by atoms with van der Waals surface area (Å²) >= 11 is 0. The molecule has 4 unspecified atom stereocenters. The van der Waals surface area contributed by atoms with Crippen LogP contribution in [-0.4, -0.2) is 35.6 Å². The summed E-state index contributed by atoms with van der Waals surface area (Å²) in [5.41, 5.74) is 2.76. The molecule has 1 heterocycles. The zero-order valence-corrected chi connectivity index (χ0v) is 17.1. The molecule has 158 valence electrons. The molecule has 3 aliphatic carbocycles. The van der Waals surface area contributed by atoms with Crippen LogP contribution in [-0.2, 0) is 19.2 Å². The SMILES string of the molecule is COc1cc(C2C3=CCC4C(=O)NC(=O)C4C3CC3=C2C(=O)C=C(C)C3=O)ccc1O. The number of phenolic OH excluding ortho intramolecular Hbond substituents is 1. The summed E-state index contributed by atoms with van der Waals surface area (Å²) in [5, 5.41) is 12.5. The number of imide groups is 1. The first-order valence-electron chi connectivity index (χ1n) is 10.2. The van der Waals surface area contributed by atoms with Crippen molar-refractivity contribution in [3.63, 3.8) is 0 Å². The van der Waals surface area contributed by atoms with Gasteiger partial charge in [-0.25, -0.2) is 0 Å². The van der Waals surface area contributed by atoms with Gasteiger partial charge in [0.15, 0.2) is 23.1 Å². The lowest BCUT2D eigenvalue weighted by atomic mass is 9.59. The molecule has 0 bridgehead atoms. The summed E-state index contributed by atoms with van der Waals surface area (Å²) in [6, 6.07) is 4.85. The van der Waals surface area contributed by atoms with Crippen molar-refractivity contribution in [3.05, 3.63) is 58.2 Å². The summed E-state index contributed by atoms with van der Waals surface area (Å²) in [6.45, 7) is 1.61. The number of aromatic hydroxyl groups is 1. The Kier molecular flexibility index (Phi) is 4.25. The molecule has 1 saturated heterocycles. The molecule has 4 aliphatic rings. The quantitative estimate of drug-likeness (QED) is 0.432. The number of Topliss-reactive ketones (excluding diaryl/α,β-unsaturated/α-hetero) is 1. The van der Waals surface area contributed by atoms with Crippen LogP contribution < -0.4 is 10.1 Å². The van der Waals surface area contributed by atoms with E-state index >= 15 is 0 Å². The number of amides is 2. The van der Waals surface area contributed by atoms with E-state index in [-0.39, 0.29) is 47.2 Å². The fourth-order valence-corrected chi connectivity index (χ4v) is 5.55. The summed E-state index contributed by atoms with van der Waals surface area (Å²) in [5.74, 6) is -2.71. The van der Waals surface area contributed by atoms with Crippen LogP contribution in [0.15, 0.2) is 52.6 Å². The molecule has 1 fully saturated rings. The van der Waals surface area contributed by atoms with Gasteiger partial charge in [0, 0.05) is 22.6 Å². The highest BCUT2D eigenvalue weighted by Gasteiger charge is 2.53. The lowest BCUT2D eigenvalue weighted by Crippen LogP contribution is -2.39. The van der Waals surface area contributed by atoms with Crippen molar-refractivity contribution in [1.29, 1.82) is 0 Å². The van der Waals surface area contributed by atoms with E-state index < -0.39 is 17.8 Å². The minimum absolute atomic E-state index is 0.0342. The number of methoxy groups -OCH3 is 1. The third-order valence-corrected chi connectivity index (χ3v) is 6.94. The van der Waals surface area contributed by atoms with Crippen LogP contribution in [0.5, 0.6) is 11.5 Å². The zero-order valence-electron chi connectivity index (χ0n) is 17.1. The molecule has 31 heavy (non-hydrogen) atoms. The Morgan fingerprint density at radius 3 is 2.61 bits per heavy atom.